The number of benzene rings is 3. The van der Waals surface area contributed by atoms with Crippen LogP contribution in [0.25, 0.3) is 0 Å². The molecule has 2 atom stereocenters. The number of methoxy groups -OCH3 is 1. The summed E-state index contributed by atoms with van der Waals surface area (Å²) in [5.74, 6) is 0.832. The second-order valence-corrected chi connectivity index (χ2v) is 9.67. The van der Waals surface area contributed by atoms with Gasteiger partial charge in [-0.2, -0.15) is 0 Å². The standard InChI is InChI=1S/C30H33N3O5/c1-36-28-14-12-23(13-15-28)16-17-31-19-26-18-27(20-31)33(30(35)38-22-25-10-6-3-7-11-25)32(26)29(34)37-21-24-8-4-2-5-9-24/h2-15,26-27H,16-22H2,1H3. The third kappa shape index (κ3) is 6.08. The van der Waals surface area contributed by atoms with E-state index in [2.05, 4.69) is 17.0 Å². The van der Waals surface area contributed by atoms with E-state index in [1.54, 1.807) is 7.11 Å². The second-order valence-electron chi connectivity index (χ2n) is 9.67. The van der Waals surface area contributed by atoms with Crippen LogP contribution >= 0.6 is 0 Å². The molecule has 2 fully saturated rings. The maximum atomic E-state index is 13.3. The number of ether oxygens (including phenoxy) is 3. The minimum absolute atomic E-state index is 0.141. The predicted molar refractivity (Wildman–Crippen MR) is 142 cm³/mol. The lowest BCUT2D eigenvalue weighted by Gasteiger charge is -2.30. The number of rotatable bonds is 8. The van der Waals surface area contributed by atoms with Crippen LogP contribution in [0.15, 0.2) is 84.9 Å². The molecule has 3 aromatic rings. The number of fused-ring (bicyclic) bond motifs is 2. The van der Waals surface area contributed by atoms with Gasteiger partial charge in [0.05, 0.1) is 19.2 Å². The van der Waals surface area contributed by atoms with E-state index in [0.717, 1.165) is 29.8 Å². The second kappa shape index (κ2) is 12.0. The zero-order valence-corrected chi connectivity index (χ0v) is 21.6. The van der Waals surface area contributed by atoms with Crippen molar-refractivity contribution in [1.29, 1.82) is 0 Å². The van der Waals surface area contributed by atoms with Gasteiger partial charge in [0, 0.05) is 19.6 Å². The van der Waals surface area contributed by atoms with E-state index in [0.29, 0.717) is 19.5 Å². The highest BCUT2D eigenvalue weighted by molar-refractivity contribution is 5.76. The number of carbonyl (C=O) groups excluding carboxylic acids is 2. The quantitative estimate of drug-likeness (QED) is 0.426. The Kier molecular flexibility index (Phi) is 8.09. The van der Waals surface area contributed by atoms with Crippen molar-refractivity contribution in [1.82, 2.24) is 14.9 Å². The van der Waals surface area contributed by atoms with Crippen LogP contribution in [-0.4, -0.2) is 65.9 Å². The molecule has 0 radical (unpaired) electrons. The molecule has 8 heteroatoms. The topological polar surface area (TPSA) is 71.6 Å². The summed E-state index contributed by atoms with van der Waals surface area (Å²) in [6.45, 7) is 2.42. The first-order chi connectivity index (χ1) is 18.6. The Labute approximate surface area is 223 Å². The van der Waals surface area contributed by atoms with E-state index in [1.807, 2.05) is 72.8 Å². The largest absolute Gasteiger partial charge is 0.497 e. The smallest absolute Gasteiger partial charge is 0.429 e. The summed E-state index contributed by atoms with van der Waals surface area (Å²) >= 11 is 0. The summed E-state index contributed by atoms with van der Waals surface area (Å²) in [5.41, 5.74) is 2.99. The van der Waals surface area contributed by atoms with E-state index < -0.39 is 12.2 Å². The van der Waals surface area contributed by atoms with Crippen LogP contribution < -0.4 is 4.74 Å². The van der Waals surface area contributed by atoms with Crippen LogP contribution in [0.1, 0.15) is 23.1 Å². The number of nitrogens with zero attached hydrogens (tertiary/aromatic N) is 3. The monoisotopic (exact) mass is 515 g/mol. The fraction of sp³-hybridized carbons (Fsp3) is 0.333. The summed E-state index contributed by atoms with van der Waals surface area (Å²) in [6.07, 6.45) is 0.491. The van der Waals surface area contributed by atoms with Gasteiger partial charge in [-0.05, 0) is 41.7 Å². The molecule has 5 rings (SSSR count). The molecule has 2 amide bonds. The van der Waals surface area contributed by atoms with Crippen LogP contribution in [0.3, 0.4) is 0 Å². The van der Waals surface area contributed by atoms with Crippen LogP contribution in [0.4, 0.5) is 9.59 Å². The molecule has 0 spiro atoms. The molecule has 198 valence electrons. The van der Waals surface area contributed by atoms with Gasteiger partial charge >= 0.3 is 12.2 Å². The molecule has 2 aliphatic heterocycles. The third-order valence-electron chi connectivity index (χ3n) is 7.07. The van der Waals surface area contributed by atoms with E-state index in [4.69, 9.17) is 14.2 Å². The van der Waals surface area contributed by atoms with Gasteiger partial charge in [-0.25, -0.2) is 19.6 Å². The number of carbonyl (C=O) groups is 2. The fourth-order valence-electron chi connectivity index (χ4n) is 5.15. The van der Waals surface area contributed by atoms with Gasteiger partial charge in [-0.3, -0.25) is 4.90 Å². The average molecular weight is 516 g/mol. The van der Waals surface area contributed by atoms with Gasteiger partial charge in [0.25, 0.3) is 0 Å². The van der Waals surface area contributed by atoms with E-state index in [9.17, 15) is 9.59 Å². The zero-order valence-electron chi connectivity index (χ0n) is 21.6. The lowest BCUT2D eigenvalue weighted by Crippen LogP contribution is -2.50. The number of likely N-dealkylation sites (tertiary alicyclic amines) is 1. The molecule has 38 heavy (non-hydrogen) atoms. The Morgan fingerprint density at radius 3 is 1.68 bits per heavy atom. The van der Waals surface area contributed by atoms with Gasteiger partial charge in [0.15, 0.2) is 0 Å². The van der Waals surface area contributed by atoms with Crippen molar-refractivity contribution in [2.75, 3.05) is 26.7 Å². The fourth-order valence-corrected chi connectivity index (χ4v) is 5.15. The normalized spacial score (nSPS) is 18.8. The molecule has 3 aromatic carbocycles. The van der Waals surface area contributed by atoms with Crippen molar-refractivity contribution in [3.8, 4) is 5.75 Å². The Bertz CT molecular complexity index is 1140. The Hall–Kier alpha value is -4.04. The molecule has 0 N–H and O–H groups in total. The SMILES string of the molecule is COc1ccc(CCN2CC3CC(C2)N(C(=O)OCc2ccccc2)N3C(=O)OCc2ccccc2)cc1. The van der Waals surface area contributed by atoms with Gasteiger partial charge in [-0.1, -0.05) is 72.8 Å². The maximum absolute atomic E-state index is 13.3. The highest BCUT2D eigenvalue weighted by Crippen LogP contribution is 2.32. The van der Waals surface area contributed by atoms with Crippen molar-refractivity contribution in [3.05, 3.63) is 102 Å². The number of piperidine rings is 1. The molecule has 0 aliphatic carbocycles. The van der Waals surface area contributed by atoms with E-state index in [-0.39, 0.29) is 25.3 Å². The first kappa shape index (κ1) is 25.6. The Morgan fingerprint density at radius 1 is 0.711 bits per heavy atom. The van der Waals surface area contributed by atoms with Crippen LogP contribution in [0.5, 0.6) is 5.75 Å². The number of amides is 2. The van der Waals surface area contributed by atoms with Gasteiger partial charge in [-0.15, -0.1) is 0 Å². The van der Waals surface area contributed by atoms with Gasteiger partial charge < -0.3 is 14.2 Å². The molecule has 2 heterocycles. The molecular formula is C30H33N3O5. The summed E-state index contributed by atoms with van der Waals surface area (Å²) in [7, 11) is 1.66. The molecule has 0 aromatic heterocycles. The Morgan fingerprint density at radius 2 is 1.21 bits per heavy atom. The van der Waals surface area contributed by atoms with E-state index in [1.165, 1.54) is 15.6 Å². The lowest BCUT2D eigenvalue weighted by atomic mass is 10.0. The Balaban J connectivity index is 1.27. The molecule has 8 nitrogen and oxygen atoms in total. The molecule has 2 aliphatic rings. The van der Waals surface area contributed by atoms with E-state index >= 15 is 0 Å². The zero-order chi connectivity index (χ0) is 26.3. The number of hydrogen-bond donors (Lipinski definition) is 0. The van der Waals surface area contributed by atoms with Crippen molar-refractivity contribution < 1.29 is 23.8 Å². The minimum Gasteiger partial charge on any atom is -0.497 e. The summed E-state index contributed by atoms with van der Waals surface area (Å²) in [5, 5.41) is 2.96. The first-order valence-corrected chi connectivity index (χ1v) is 13.0. The molecular weight excluding hydrogens is 482 g/mol. The predicted octanol–water partition coefficient (Wildman–Crippen LogP) is 4.89. The van der Waals surface area contributed by atoms with Gasteiger partial charge in [0.1, 0.15) is 19.0 Å². The van der Waals surface area contributed by atoms with Crippen molar-refractivity contribution in [2.24, 2.45) is 0 Å². The minimum atomic E-state index is -0.532. The van der Waals surface area contributed by atoms with Crippen LogP contribution in [-0.2, 0) is 29.1 Å². The molecule has 2 bridgehead atoms. The molecule has 2 saturated heterocycles. The van der Waals surface area contributed by atoms with Crippen molar-refractivity contribution >= 4 is 12.2 Å². The molecule has 0 saturated carbocycles. The average Bonchev–Trinajstić information content (AvgIpc) is 3.24. The first-order valence-electron chi connectivity index (χ1n) is 13.0. The highest BCUT2D eigenvalue weighted by atomic mass is 16.6. The number of hydrazine groups is 1. The third-order valence-corrected chi connectivity index (χ3v) is 7.07. The lowest BCUT2D eigenvalue weighted by molar-refractivity contribution is -0.0199. The van der Waals surface area contributed by atoms with Crippen molar-refractivity contribution in [2.45, 2.75) is 38.1 Å². The maximum Gasteiger partial charge on any atom is 0.429 e. The highest BCUT2D eigenvalue weighted by Gasteiger charge is 2.50. The summed E-state index contributed by atoms with van der Waals surface area (Å²) in [4.78, 5) is 29.0. The van der Waals surface area contributed by atoms with Crippen LogP contribution in [0, 0.1) is 0 Å². The summed E-state index contributed by atoms with van der Waals surface area (Å²) in [6, 6.07) is 26.8. The van der Waals surface area contributed by atoms with Crippen molar-refractivity contribution in [3.63, 3.8) is 0 Å². The molecule has 2 unspecified atom stereocenters. The van der Waals surface area contributed by atoms with Gasteiger partial charge in [0.2, 0.25) is 0 Å². The summed E-state index contributed by atoms with van der Waals surface area (Å²) < 4.78 is 16.6. The number of hydrogen-bond acceptors (Lipinski definition) is 6. The van der Waals surface area contributed by atoms with Crippen LogP contribution in [0.2, 0.25) is 0 Å².